The van der Waals surface area contributed by atoms with E-state index in [2.05, 4.69) is 26.8 Å². The van der Waals surface area contributed by atoms with E-state index in [0.717, 1.165) is 4.57 Å². The van der Waals surface area contributed by atoms with Gasteiger partial charge in [-0.25, -0.2) is 4.79 Å². The molecule has 172 valence electrons. The van der Waals surface area contributed by atoms with E-state index in [-0.39, 0.29) is 48.4 Å². The number of rotatable bonds is 8. The predicted octanol–water partition coefficient (Wildman–Crippen LogP) is 1.60. The average Bonchev–Trinajstić information content (AvgIpc) is 3.31. The second-order valence-corrected chi connectivity index (χ2v) is 7.45. The third kappa shape index (κ3) is 3.97. The lowest BCUT2D eigenvalue weighted by atomic mass is 10.2. The van der Waals surface area contributed by atoms with Crippen LogP contribution in [0, 0.1) is 0 Å². The Balaban J connectivity index is 1.85. The van der Waals surface area contributed by atoms with E-state index in [0.29, 0.717) is 10.9 Å². The summed E-state index contributed by atoms with van der Waals surface area (Å²) < 4.78 is 8.85. The molecule has 3 N–H and O–H groups in total. The first-order valence-corrected chi connectivity index (χ1v) is 10.1. The van der Waals surface area contributed by atoms with Gasteiger partial charge in [0, 0.05) is 19.5 Å². The van der Waals surface area contributed by atoms with Gasteiger partial charge in [-0.1, -0.05) is 24.3 Å². The van der Waals surface area contributed by atoms with E-state index in [1.807, 2.05) is 6.07 Å². The van der Waals surface area contributed by atoms with Crippen LogP contribution in [0.4, 0.5) is 11.6 Å². The highest BCUT2D eigenvalue weighted by molar-refractivity contribution is 5.94. The molecule has 0 saturated carbocycles. The second-order valence-electron chi connectivity index (χ2n) is 7.45. The van der Waals surface area contributed by atoms with Crippen LogP contribution in [-0.4, -0.2) is 53.2 Å². The maximum atomic E-state index is 12.9. The molecule has 3 heterocycles. The first-order chi connectivity index (χ1) is 15.8. The predicted molar refractivity (Wildman–Crippen MR) is 121 cm³/mol. The van der Waals surface area contributed by atoms with Crippen molar-refractivity contribution in [1.29, 1.82) is 0 Å². The number of nitrogens with zero attached hydrogens (tertiary/aromatic N) is 6. The molecule has 12 heteroatoms. The molecule has 4 rings (SSSR count). The number of hydrogen-bond acceptors (Lipinski definition) is 8. The maximum Gasteiger partial charge on any atom is 0.332 e. The molecule has 33 heavy (non-hydrogen) atoms. The lowest BCUT2D eigenvalue weighted by Crippen LogP contribution is -2.38. The molecule has 0 amide bonds. The lowest BCUT2D eigenvalue weighted by molar-refractivity contribution is 0.0404. The number of aliphatic hydroxyl groups excluding tert-OH is 1. The van der Waals surface area contributed by atoms with Gasteiger partial charge in [0.15, 0.2) is 16.9 Å². The van der Waals surface area contributed by atoms with Crippen molar-refractivity contribution in [2.24, 2.45) is 24.3 Å². The van der Waals surface area contributed by atoms with Crippen LogP contribution < -0.4 is 11.2 Å². The van der Waals surface area contributed by atoms with Crippen molar-refractivity contribution in [2.45, 2.75) is 12.6 Å². The Morgan fingerprint density at radius 1 is 1.24 bits per heavy atom. The van der Waals surface area contributed by atoms with Gasteiger partial charge in [0.1, 0.15) is 0 Å². The zero-order chi connectivity index (χ0) is 23.7. The second kappa shape index (κ2) is 8.84. The van der Waals surface area contributed by atoms with Crippen LogP contribution in [0.25, 0.3) is 22.1 Å². The Labute approximate surface area is 186 Å². The molecular weight excluding hydrogens is 430 g/mol. The smallest absolute Gasteiger partial charge is 0.332 e. The quantitative estimate of drug-likeness (QED) is 0.209. The molecule has 12 nitrogen and oxygen atoms in total. The van der Waals surface area contributed by atoms with Crippen LogP contribution in [0.1, 0.15) is 0 Å². The summed E-state index contributed by atoms with van der Waals surface area (Å²) >= 11 is 0. The minimum absolute atomic E-state index is 0.0163. The summed E-state index contributed by atoms with van der Waals surface area (Å²) in [7, 11) is 2.84. The average molecular weight is 453 g/mol. The molecule has 0 saturated heterocycles. The zero-order valence-electron chi connectivity index (χ0n) is 18.1. The molecule has 0 bridgehead atoms. The zero-order valence-corrected chi connectivity index (χ0v) is 18.1. The van der Waals surface area contributed by atoms with Crippen molar-refractivity contribution < 1.29 is 14.9 Å². The standard InChI is InChI=1S/C21H23N7O5/c1-4-9-33-11-12(29)10-28-16-17(26(2)21(32)27(3)19(16)31)23-20(28)25-24-15-13-7-5-6-8-14(13)22-18(15)30/h4-8,12,22,29-30H,1,9-11H2,2-3H3/t12-/m1/s1. The molecule has 1 aromatic carbocycles. The largest absolute Gasteiger partial charge is 0.493 e. The van der Waals surface area contributed by atoms with Gasteiger partial charge >= 0.3 is 5.69 Å². The molecule has 0 fully saturated rings. The van der Waals surface area contributed by atoms with Crippen molar-refractivity contribution in [2.75, 3.05) is 13.2 Å². The number of fused-ring (bicyclic) bond motifs is 2. The fourth-order valence-corrected chi connectivity index (χ4v) is 3.54. The van der Waals surface area contributed by atoms with Gasteiger partial charge in [-0.3, -0.25) is 18.5 Å². The number of imidazole rings is 1. The van der Waals surface area contributed by atoms with Crippen LogP contribution in [0.2, 0.25) is 0 Å². The van der Waals surface area contributed by atoms with E-state index >= 15 is 0 Å². The van der Waals surface area contributed by atoms with Gasteiger partial charge in [0.05, 0.1) is 31.4 Å². The Kier molecular flexibility index (Phi) is 5.94. The van der Waals surface area contributed by atoms with Crippen LogP contribution in [0.15, 0.2) is 56.7 Å². The fraction of sp³-hybridized carbons (Fsp3) is 0.286. The fourth-order valence-electron chi connectivity index (χ4n) is 3.54. The van der Waals surface area contributed by atoms with Crippen LogP contribution in [-0.2, 0) is 25.4 Å². The molecule has 1 atom stereocenters. The first kappa shape index (κ1) is 22.2. The Morgan fingerprint density at radius 2 is 2.00 bits per heavy atom. The molecule has 0 aliphatic heterocycles. The van der Waals surface area contributed by atoms with Crippen molar-refractivity contribution >= 4 is 33.7 Å². The summed E-state index contributed by atoms with van der Waals surface area (Å²) in [5.41, 5.74) is -0.0933. The van der Waals surface area contributed by atoms with Gasteiger partial charge in [-0.15, -0.1) is 16.8 Å². The number of nitrogens with one attached hydrogen (secondary N) is 1. The van der Waals surface area contributed by atoms with Gasteiger partial charge in [-0.2, -0.15) is 4.98 Å². The van der Waals surface area contributed by atoms with Crippen LogP contribution in [0.3, 0.4) is 0 Å². The van der Waals surface area contributed by atoms with Crippen LogP contribution >= 0.6 is 0 Å². The Morgan fingerprint density at radius 3 is 2.76 bits per heavy atom. The molecule has 0 unspecified atom stereocenters. The third-order valence-electron chi connectivity index (χ3n) is 5.17. The van der Waals surface area contributed by atoms with E-state index in [9.17, 15) is 19.8 Å². The van der Waals surface area contributed by atoms with Gasteiger partial charge in [-0.05, 0) is 6.07 Å². The van der Waals surface area contributed by atoms with Gasteiger partial charge in [0.25, 0.3) is 11.5 Å². The molecule has 0 spiro atoms. The summed E-state index contributed by atoms with van der Waals surface area (Å²) in [4.78, 5) is 32.4. The Bertz CT molecular complexity index is 1490. The first-order valence-electron chi connectivity index (χ1n) is 10.1. The summed E-state index contributed by atoms with van der Waals surface area (Å²) in [6.07, 6.45) is 0.553. The number of H-pyrrole nitrogens is 1. The highest BCUT2D eigenvalue weighted by Crippen LogP contribution is 2.36. The minimum Gasteiger partial charge on any atom is -0.493 e. The molecule has 3 aromatic heterocycles. The van der Waals surface area contributed by atoms with E-state index < -0.39 is 17.4 Å². The van der Waals surface area contributed by atoms with Gasteiger partial charge < -0.3 is 19.9 Å². The van der Waals surface area contributed by atoms with Crippen molar-refractivity contribution in [3.8, 4) is 5.88 Å². The third-order valence-corrected chi connectivity index (χ3v) is 5.17. The summed E-state index contributed by atoms with van der Waals surface area (Å²) in [5, 5.41) is 29.6. The van der Waals surface area contributed by atoms with Crippen molar-refractivity contribution in [3.05, 3.63) is 57.8 Å². The van der Waals surface area contributed by atoms with Crippen molar-refractivity contribution in [1.82, 2.24) is 23.7 Å². The Hall–Kier alpha value is -4.03. The number of benzene rings is 1. The van der Waals surface area contributed by atoms with Crippen LogP contribution in [0.5, 0.6) is 5.88 Å². The van der Waals surface area contributed by atoms with Gasteiger partial charge in [0.2, 0.25) is 5.88 Å². The number of ether oxygens (including phenoxy) is 1. The number of aryl methyl sites for hydroxylation is 1. The number of aliphatic hydroxyl groups is 1. The van der Waals surface area contributed by atoms with Crippen molar-refractivity contribution in [3.63, 3.8) is 0 Å². The topological polar surface area (TPSA) is 152 Å². The monoisotopic (exact) mass is 453 g/mol. The molecule has 0 aliphatic rings. The number of aromatic hydroxyl groups is 1. The molecule has 4 aromatic rings. The maximum absolute atomic E-state index is 12.9. The number of aromatic amines is 1. The number of aromatic nitrogens is 5. The minimum atomic E-state index is -1.00. The summed E-state index contributed by atoms with van der Waals surface area (Å²) in [5.74, 6) is -0.195. The molecule has 0 radical (unpaired) electrons. The highest BCUT2D eigenvalue weighted by Gasteiger charge is 2.21. The summed E-state index contributed by atoms with van der Waals surface area (Å²) in [6.45, 7) is 3.71. The normalized spacial score (nSPS) is 12.8. The number of para-hydroxylation sites is 1. The molecule has 0 aliphatic carbocycles. The number of hydrogen-bond donors (Lipinski definition) is 3. The van der Waals surface area contributed by atoms with E-state index in [1.54, 1.807) is 24.3 Å². The molecular formula is C21H23N7O5. The van der Waals surface area contributed by atoms with E-state index in [1.165, 1.54) is 23.2 Å². The number of azo groups is 1. The lowest BCUT2D eigenvalue weighted by Gasteiger charge is -2.13. The highest BCUT2D eigenvalue weighted by atomic mass is 16.5. The summed E-state index contributed by atoms with van der Waals surface area (Å²) in [6, 6.07) is 7.15. The van der Waals surface area contributed by atoms with E-state index in [4.69, 9.17) is 4.74 Å². The SMILES string of the molecule is C=CCOC[C@H](O)Cn1c(N=Nc2c(O)[nH]c3ccccc23)nc2c1c(=O)n(C)c(=O)n2C.